The van der Waals surface area contributed by atoms with E-state index in [1.165, 1.54) is 11.1 Å². The van der Waals surface area contributed by atoms with Crippen LogP contribution in [0.25, 0.3) is 27.7 Å². The van der Waals surface area contributed by atoms with E-state index in [1.54, 1.807) is 0 Å². The van der Waals surface area contributed by atoms with E-state index in [2.05, 4.69) is 46.5 Å². The summed E-state index contributed by atoms with van der Waals surface area (Å²) in [5, 5.41) is 5.61. The SMILES string of the molecule is c1ccc(-c2ccc(COc3cc4ncc5ccccc5n4n3)cc2)cc1. The first-order chi connectivity index (χ1) is 13.4. The van der Waals surface area contributed by atoms with Crippen molar-refractivity contribution in [1.29, 1.82) is 0 Å². The van der Waals surface area contributed by atoms with Gasteiger partial charge in [0.25, 0.3) is 0 Å². The van der Waals surface area contributed by atoms with Crippen LogP contribution in [0.5, 0.6) is 5.88 Å². The zero-order valence-corrected chi connectivity index (χ0v) is 14.6. The maximum absolute atomic E-state index is 5.90. The summed E-state index contributed by atoms with van der Waals surface area (Å²) < 4.78 is 7.72. The Labute approximate surface area is 156 Å². The van der Waals surface area contributed by atoms with Crippen LogP contribution in [0.15, 0.2) is 91.1 Å². The first kappa shape index (κ1) is 15.6. The maximum atomic E-state index is 5.90. The molecule has 0 saturated carbocycles. The second-order valence-electron chi connectivity index (χ2n) is 6.42. The van der Waals surface area contributed by atoms with E-state index in [1.807, 2.05) is 59.2 Å². The Balaban J connectivity index is 1.36. The second kappa shape index (κ2) is 6.57. The average Bonchev–Trinajstić information content (AvgIpc) is 3.17. The summed E-state index contributed by atoms with van der Waals surface area (Å²) in [6.07, 6.45) is 1.86. The van der Waals surface area contributed by atoms with Crippen molar-refractivity contribution in [2.45, 2.75) is 6.61 Å². The molecule has 0 N–H and O–H groups in total. The molecule has 3 aromatic carbocycles. The van der Waals surface area contributed by atoms with Crippen LogP contribution in [0.2, 0.25) is 0 Å². The summed E-state index contributed by atoms with van der Waals surface area (Å²) in [5.41, 5.74) is 5.31. The molecule has 0 bridgehead atoms. The van der Waals surface area contributed by atoms with Gasteiger partial charge in [0.1, 0.15) is 6.61 Å². The van der Waals surface area contributed by atoms with Gasteiger partial charge in [-0.15, -0.1) is 5.10 Å². The van der Waals surface area contributed by atoms with Gasteiger partial charge in [0.2, 0.25) is 5.88 Å². The molecule has 0 amide bonds. The van der Waals surface area contributed by atoms with Crippen molar-refractivity contribution < 1.29 is 4.74 Å². The predicted molar refractivity (Wildman–Crippen MR) is 107 cm³/mol. The predicted octanol–water partition coefficient (Wildman–Crippen LogP) is 5.13. The van der Waals surface area contributed by atoms with Crippen LogP contribution in [0.3, 0.4) is 0 Å². The van der Waals surface area contributed by atoms with Gasteiger partial charge in [0, 0.05) is 17.6 Å². The highest BCUT2D eigenvalue weighted by Gasteiger charge is 2.07. The number of ether oxygens (including phenoxy) is 1. The Morgan fingerprint density at radius 3 is 2.37 bits per heavy atom. The number of hydrogen-bond donors (Lipinski definition) is 0. The highest BCUT2D eigenvalue weighted by atomic mass is 16.5. The summed E-state index contributed by atoms with van der Waals surface area (Å²) in [5.74, 6) is 0.575. The summed E-state index contributed by atoms with van der Waals surface area (Å²) in [6, 6.07) is 28.7. The van der Waals surface area contributed by atoms with Gasteiger partial charge in [-0.05, 0) is 22.8 Å². The molecular formula is C23H17N3O. The highest BCUT2D eigenvalue weighted by molar-refractivity contribution is 5.80. The van der Waals surface area contributed by atoms with E-state index >= 15 is 0 Å². The van der Waals surface area contributed by atoms with Crippen LogP contribution in [0.4, 0.5) is 0 Å². The number of aromatic nitrogens is 3. The van der Waals surface area contributed by atoms with Crippen molar-refractivity contribution in [2.75, 3.05) is 0 Å². The van der Waals surface area contributed by atoms with Gasteiger partial charge in [0.05, 0.1) is 5.52 Å². The lowest BCUT2D eigenvalue weighted by atomic mass is 10.0. The van der Waals surface area contributed by atoms with Crippen LogP contribution in [-0.2, 0) is 6.61 Å². The fraction of sp³-hybridized carbons (Fsp3) is 0.0435. The molecule has 0 aliphatic carbocycles. The molecular weight excluding hydrogens is 334 g/mol. The minimum absolute atomic E-state index is 0.469. The molecule has 0 saturated heterocycles. The van der Waals surface area contributed by atoms with Gasteiger partial charge in [-0.3, -0.25) is 0 Å². The second-order valence-corrected chi connectivity index (χ2v) is 6.42. The average molecular weight is 351 g/mol. The topological polar surface area (TPSA) is 39.4 Å². The van der Waals surface area contributed by atoms with E-state index in [-0.39, 0.29) is 0 Å². The van der Waals surface area contributed by atoms with Crippen molar-refractivity contribution in [3.05, 3.63) is 96.7 Å². The minimum atomic E-state index is 0.469. The Bertz CT molecular complexity index is 1210. The van der Waals surface area contributed by atoms with Gasteiger partial charge in [-0.1, -0.05) is 72.8 Å². The first-order valence-corrected chi connectivity index (χ1v) is 8.87. The van der Waals surface area contributed by atoms with E-state index in [9.17, 15) is 0 Å². The largest absolute Gasteiger partial charge is 0.472 e. The fourth-order valence-corrected chi connectivity index (χ4v) is 3.20. The summed E-state index contributed by atoms with van der Waals surface area (Å²) in [7, 11) is 0. The number of hydrogen-bond acceptors (Lipinski definition) is 3. The Morgan fingerprint density at radius 2 is 1.52 bits per heavy atom. The van der Waals surface area contributed by atoms with Crippen LogP contribution in [-0.4, -0.2) is 14.6 Å². The Hall–Kier alpha value is -3.66. The van der Waals surface area contributed by atoms with Crippen LogP contribution >= 0.6 is 0 Å². The minimum Gasteiger partial charge on any atom is -0.472 e. The molecule has 0 spiro atoms. The van der Waals surface area contributed by atoms with Gasteiger partial charge >= 0.3 is 0 Å². The number of nitrogens with zero attached hydrogens (tertiary/aromatic N) is 3. The molecule has 0 aliphatic heterocycles. The molecule has 27 heavy (non-hydrogen) atoms. The third-order valence-corrected chi connectivity index (χ3v) is 4.62. The molecule has 5 rings (SSSR count). The molecule has 0 atom stereocenters. The molecule has 0 unspecified atom stereocenters. The van der Waals surface area contributed by atoms with Crippen LogP contribution in [0.1, 0.15) is 5.56 Å². The molecule has 4 heteroatoms. The zero-order valence-electron chi connectivity index (χ0n) is 14.6. The summed E-state index contributed by atoms with van der Waals surface area (Å²) >= 11 is 0. The molecule has 0 fully saturated rings. The lowest BCUT2D eigenvalue weighted by Crippen LogP contribution is -1.97. The highest BCUT2D eigenvalue weighted by Crippen LogP contribution is 2.21. The van der Waals surface area contributed by atoms with Crippen molar-refractivity contribution in [3.63, 3.8) is 0 Å². The molecule has 2 heterocycles. The molecule has 0 aliphatic rings. The standard InChI is InChI=1S/C23H17N3O/c1-2-6-18(7-3-1)19-12-10-17(11-13-19)16-27-23-14-22-24-15-20-8-4-5-9-21(20)26(22)25-23/h1-15H,16H2. The van der Waals surface area contributed by atoms with Crippen molar-refractivity contribution in [1.82, 2.24) is 14.6 Å². The Morgan fingerprint density at radius 1 is 0.778 bits per heavy atom. The number of para-hydroxylation sites is 1. The van der Waals surface area contributed by atoms with Crippen molar-refractivity contribution in [2.24, 2.45) is 0 Å². The number of rotatable bonds is 4. The lowest BCUT2D eigenvalue weighted by Gasteiger charge is -2.05. The zero-order chi connectivity index (χ0) is 18.1. The molecule has 0 radical (unpaired) electrons. The van der Waals surface area contributed by atoms with E-state index in [0.717, 1.165) is 22.1 Å². The van der Waals surface area contributed by atoms with Crippen LogP contribution < -0.4 is 4.74 Å². The molecule has 2 aromatic heterocycles. The van der Waals surface area contributed by atoms with Crippen molar-refractivity contribution in [3.8, 4) is 17.0 Å². The molecule has 4 nitrogen and oxygen atoms in total. The fourth-order valence-electron chi connectivity index (χ4n) is 3.20. The van der Waals surface area contributed by atoms with Crippen molar-refractivity contribution >= 4 is 16.6 Å². The maximum Gasteiger partial charge on any atom is 0.235 e. The van der Waals surface area contributed by atoms with E-state index in [4.69, 9.17) is 4.74 Å². The number of benzene rings is 3. The lowest BCUT2D eigenvalue weighted by molar-refractivity contribution is 0.292. The summed E-state index contributed by atoms with van der Waals surface area (Å²) in [4.78, 5) is 4.45. The van der Waals surface area contributed by atoms with Crippen LogP contribution in [0, 0.1) is 0 Å². The Kier molecular flexibility index (Phi) is 3.79. The van der Waals surface area contributed by atoms with Gasteiger partial charge in [0.15, 0.2) is 5.65 Å². The molecule has 130 valence electrons. The van der Waals surface area contributed by atoms with E-state index < -0.39 is 0 Å². The third-order valence-electron chi connectivity index (χ3n) is 4.62. The first-order valence-electron chi connectivity index (χ1n) is 8.87. The van der Waals surface area contributed by atoms with Gasteiger partial charge in [-0.25, -0.2) is 9.50 Å². The quantitative estimate of drug-likeness (QED) is 0.451. The summed E-state index contributed by atoms with van der Waals surface area (Å²) in [6.45, 7) is 0.469. The smallest absolute Gasteiger partial charge is 0.235 e. The van der Waals surface area contributed by atoms with Gasteiger partial charge < -0.3 is 4.74 Å². The third kappa shape index (κ3) is 3.02. The van der Waals surface area contributed by atoms with E-state index in [0.29, 0.717) is 12.5 Å². The molecule has 5 aromatic rings. The van der Waals surface area contributed by atoms with Gasteiger partial charge in [-0.2, -0.15) is 0 Å². The number of fused-ring (bicyclic) bond motifs is 3. The monoisotopic (exact) mass is 351 g/mol. The normalized spacial score (nSPS) is 11.1.